The number of carbonyl (C=O) groups excluding carboxylic acids is 1. The van der Waals surface area contributed by atoms with Crippen molar-refractivity contribution in [3.05, 3.63) is 32.6 Å². The molecule has 0 saturated carbocycles. The van der Waals surface area contributed by atoms with E-state index in [1.165, 1.54) is 0 Å². The maximum absolute atomic E-state index is 11.6. The highest BCUT2D eigenvalue weighted by molar-refractivity contribution is 5.93. The normalized spacial score (nSPS) is 11.8. The number of hydrogen-bond acceptors (Lipinski definition) is 4. The fraction of sp³-hybridized carbons (Fsp3) is 0.455. The first-order valence-corrected chi connectivity index (χ1v) is 5.72. The predicted octanol–water partition coefficient (Wildman–Crippen LogP) is -0.706. The largest absolute Gasteiger partial charge is 0.481 e. The molecule has 0 saturated heterocycles. The lowest BCUT2D eigenvalue weighted by Crippen LogP contribution is -2.35. The molecule has 1 heterocycles. The third kappa shape index (κ3) is 4.78. The fourth-order valence-electron chi connectivity index (χ4n) is 1.41. The van der Waals surface area contributed by atoms with Gasteiger partial charge in [-0.1, -0.05) is 6.92 Å². The van der Waals surface area contributed by atoms with Crippen LogP contribution in [0.5, 0.6) is 0 Å². The Morgan fingerprint density at radius 1 is 1.42 bits per heavy atom. The van der Waals surface area contributed by atoms with Crippen molar-refractivity contribution in [2.75, 3.05) is 6.54 Å². The number of carboxylic acid groups (broad SMARTS) is 1. The fourth-order valence-corrected chi connectivity index (χ4v) is 1.41. The molecule has 19 heavy (non-hydrogen) atoms. The Morgan fingerprint density at radius 2 is 2.11 bits per heavy atom. The van der Waals surface area contributed by atoms with Gasteiger partial charge in [0.05, 0.1) is 0 Å². The Labute approximate surface area is 107 Å². The summed E-state index contributed by atoms with van der Waals surface area (Å²) in [7, 11) is 0. The number of aromatic nitrogens is 2. The van der Waals surface area contributed by atoms with E-state index in [0.717, 1.165) is 6.20 Å². The van der Waals surface area contributed by atoms with Gasteiger partial charge in [0, 0.05) is 19.2 Å². The third-order valence-corrected chi connectivity index (χ3v) is 2.53. The van der Waals surface area contributed by atoms with Crippen molar-refractivity contribution in [1.29, 1.82) is 0 Å². The number of aromatic amines is 2. The first kappa shape index (κ1) is 14.7. The number of rotatable bonds is 6. The van der Waals surface area contributed by atoms with Crippen LogP contribution in [0.3, 0.4) is 0 Å². The SMILES string of the molecule is CC(CCC(=O)O)CNC(=O)c1c[nH]c(=O)[nH]c1=O. The van der Waals surface area contributed by atoms with E-state index in [-0.39, 0.29) is 24.4 Å². The molecule has 1 amide bonds. The van der Waals surface area contributed by atoms with Crippen LogP contribution in [-0.2, 0) is 4.79 Å². The summed E-state index contributed by atoms with van der Waals surface area (Å²) in [5.41, 5.74) is -1.64. The summed E-state index contributed by atoms with van der Waals surface area (Å²) in [5.74, 6) is -1.53. The molecule has 1 unspecified atom stereocenters. The molecule has 1 aromatic heterocycles. The second-order valence-electron chi connectivity index (χ2n) is 4.23. The number of carboxylic acids is 1. The Balaban J connectivity index is 2.53. The van der Waals surface area contributed by atoms with Crippen LogP contribution in [0.25, 0.3) is 0 Å². The molecular weight excluding hydrogens is 254 g/mol. The maximum atomic E-state index is 11.6. The molecule has 1 atom stereocenters. The van der Waals surface area contributed by atoms with E-state index in [1.807, 2.05) is 4.98 Å². The van der Waals surface area contributed by atoms with Gasteiger partial charge in [-0.05, 0) is 12.3 Å². The van der Waals surface area contributed by atoms with Gasteiger partial charge in [0.25, 0.3) is 11.5 Å². The number of nitrogens with one attached hydrogen (secondary N) is 3. The molecule has 0 aliphatic carbocycles. The van der Waals surface area contributed by atoms with Gasteiger partial charge >= 0.3 is 11.7 Å². The van der Waals surface area contributed by atoms with Gasteiger partial charge in [0.1, 0.15) is 5.56 Å². The van der Waals surface area contributed by atoms with Crippen molar-refractivity contribution in [2.24, 2.45) is 5.92 Å². The second kappa shape index (κ2) is 6.53. The van der Waals surface area contributed by atoms with Crippen molar-refractivity contribution in [2.45, 2.75) is 19.8 Å². The quantitative estimate of drug-likeness (QED) is 0.541. The second-order valence-corrected chi connectivity index (χ2v) is 4.23. The van der Waals surface area contributed by atoms with Crippen LogP contribution in [0.4, 0.5) is 0 Å². The van der Waals surface area contributed by atoms with Crippen LogP contribution in [0.1, 0.15) is 30.1 Å². The number of amides is 1. The molecule has 104 valence electrons. The lowest BCUT2D eigenvalue weighted by atomic mass is 10.1. The van der Waals surface area contributed by atoms with Crippen LogP contribution in [0.15, 0.2) is 15.8 Å². The minimum Gasteiger partial charge on any atom is -0.481 e. The zero-order valence-electron chi connectivity index (χ0n) is 10.4. The highest BCUT2D eigenvalue weighted by Gasteiger charge is 2.12. The first-order valence-electron chi connectivity index (χ1n) is 5.72. The molecule has 1 aromatic rings. The molecular formula is C11H15N3O5. The smallest absolute Gasteiger partial charge is 0.325 e. The third-order valence-electron chi connectivity index (χ3n) is 2.53. The Kier molecular flexibility index (Phi) is 5.04. The van der Waals surface area contributed by atoms with Gasteiger partial charge in [-0.2, -0.15) is 0 Å². The molecule has 0 aliphatic rings. The Hall–Kier alpha value is -2.38. The van der Waals surface area contributed by atoms with Gasteiger partial charge in [-0.15, -0.1) is 0 Å². The minimum absolute atomic E-state index is 0.0241. The van der Waals surface area contributed by atoms with E-state index >= 15 is 0 Å². The average molecular weight is 269 g/mol. The Bertz CT molecular complexity index is 574. The molecule has 4 N–H and O–H groups in total. The van der Waals surface area contributed by atoms with Crippen molar-refractivity contribution in [1.82, 2.24) is 15.3 Å². The van der Waals surface area contributed by atoms with Crippen molar-refractivity contribution < 1.29 is 14.7 Å². The summed E-state index contributed by atoms with van der Waals surface area (Å²) in [6.45, 7) is 2.05. The number of H-pyrrole nitrogens is 2. The average Bonchev–Trinajstić information content (AvgIpc) is 2.33. The molecule has 0 aliphatic heterocycles. The zero-order valence-corrected chi connectivity index (χ0v) is 10.4. The minimum atomic E-state index is -0.893. The molecule has 0 bridgehead atoms. The maximum Gasteiger partial charge on any atom is 0.325 e. The molecule has 8 heteroatoms. The van der Waals surface area contributed by atoms with Crippen LogP contribution in [0, 0.1) is 5.92 Å². The van der Waals surface area contributed by atoms with E-state index in [2.05, 4.69) is 10.3 Å². The van der Waals surface area contributed by atoms with Gasteiger partial charge < -0.3 is 15.4 Å². The van der Waals surface area contributed by atoms with Crippen LogP contribution in [-0.4, -0.2) is 33.5 Å². The van der Waals surface area contributed by atoms with Gasteiger partial charge in [0.15, 0.2) is 0 Å². The molecule has 8 nitrogen and oxygen atoms in total. The van der Waals surface area contributed by atoms with Crippen LogP contribution < -0.4 is 16.6 Å². The predicted molar refractivity (Wildman–Crippen MR) is 66.1 cm³/mol. The summed E-state index contributed by atoms with van der Waals surface area (Å²) >= 11 is 0. The standard InChI is InChI=1S/C11H15N3O5/c1-6(2-3-8(15)16)4-12-9(17)7-5-13-11(19)14-10(7)18/h5-6H,2-4H2,1H3,(H,12,17)(H,15,16)(H2,13,14,18,19). The topological polar surface area (TPSA) is 132 Å². The van der Waals surface area contributed by atoms with E-state index < -0.39 is 23.1 Å². The molecule has 1 rings (SSSR count). The summed E-state index contributed by atoms with van der Waals surface area (Å²) in [5, 5.41) is 11.0. The van der Waals surface area contributed by atoms with E-state index in [0.29, 0.717) is 6.42 Å². The molecule has 0 radical (unpaired) electrons. The van der Waals surface area contributed by atoms with Crippen LogP contribution in [0.2, 0.25) is 0 Å². The highest BCUT2D eigenvalue weighted by atomic mass is 16.4. The number of aliphatic carboxylic acids is 1. The van der Waals surface area contributed by atoms with Gasteiger partial charge in [-0.25, -0.2) is 4.79 Å². The zero-order chi connectivity index (χ0) is 14.4. The van der Waals surface area contributed by atoms with Crippen molar-refractivity contribution in [3.63, 3.8) is 0 Å². The molecule has 0 fully saturated rings. The van der Waals surface area contributed by atoms with Crippen LogP contribution >= 0.6 is 0 Å². The molecule has 0 aromatic carbocycles. The molecule has 0 spiro atoms. The van der Waals surface area contributed by atoms with Crippen molar-refractivity contribution in [3.8, 4) is 0 Å². The first-order chi connectivity index (χ1) is 8.90. The van der Waals surface area contributed by atoms with E-state index in [9.17, 15) is 19.2 Å². The van der Waals surface area contributed by atoms with E-state index in [4.69, 9.17) is 5.11 Å². The lowest BCUT2D eigenvalue weighted by molar-refractivity contribution is -0.137. The summed E-state index contributed by atoms with van der Waals surface area (Å²) in [4.78, 5) is 48.3. The van der Waals surface area contributed by atoms with E-state index in [1.54, 1.807) is 6.92 Å². The highest BCUT2D eigenvalue weighted by Crippen LogP contribution is 2.03. The monoisotopic (exact) mass is 269 g/mol. The number of hydrogen-bond donors (Lipinski definition) is 4. The Morgan fingerprint density at radius 3 is 2.68 bits per heavy atom. The van der Waals surface area contributed by atoms with Gasteiger partial charge in [-0.3, -0.25) is 19.4 Å². The summed E-state index contributed by atoms with van der Waals surface area (Å²) in [6, 6.07) is 0. The van der Waals surface area contributed by atoms with Crippen molar-refractivity contribution >= 4 is 11.9 Å². The number of carbonyl (C=O) groups is 2. The lowest BCUT2D eigenvalue weighted by Gasteiger charge is -2.10. The van der Waals surface area contributed by atoms with Gasteiger partial charge in [0.2, 0.25) is 0 Å². The summed E-state index contributed by atoms with van der Waals surface area (Å²) in [6.07, 6.45) is 1.49. The summed E-state index contributed by atoms with van der Waals surface area (Å²) < 4.78 is 0.